The highest BCUT2D eigenvalue weighted by atomic mass is 15.2. The lowest BCUT2D eigenvalue weighted by atomic mass is 10.0. The molecule has 1 heterocycles. The van der Waals surface area contributed by atoms with Crippen molar-refractivity contribution in [1.29, 1.82) is 0 Å². The summed E-state index contributed by atoms with van der Waals surface area (Å²) in [7, 11) is 0. The van der Waals surface area contributed by atoms with E-state index in [1.54, 1.807) is 0 Å². The fourth-order valence-corrected chi connectivity index (χ4v) is 1.62. The molecule has 0 aromatic heterocycles. The van der Waals surface area contributed by atoms with E-state index < -0.39 is 0 Å². The van der Waals surface area contributed by atoms with E-state index in [-0.39, 0.29) is 0 Å². The second kappa shape index (κ2) is 3.28. The molecule has 1 aromatic rings. The molecule has 1 nitrogen and oxygen atoms in total. The molecular formula is C11H15N. The average molecular weight is 161 g/mol. The third kappa shape index (κ3) is 1.51. The Morgan fingerprint density at radius 2 is 2.08 bits per heavy atom. The normalized spacial score (nSPS) is 23.6. The molecule has 1 atom stereocenters. The van der Waals surface area contributed by atoms with Crippen LogP contribution in [0.15, 0.2) is 30.3 Å². The fraction of sp³-hybridized carbons (Fsp3) is 0.455. The Labute approximate surface area is 74.0 Å². The average Bonchev–Trinajstić information content (AvgIpc) is 2.14. The lowest BCUT2D eigenvalue weighted by Crippen LogP contribution is -2.44. The molecule has 1 aliphatic rings. The van der Waals surface area contributed by atoms with E-state index in [1.165, 1.54) is 18.5 Å². The van der Waals surface area contributed by atoms with Crippen LogP contribution >= 0.6 is 0 Å². The zero-order chi connectivity index (χ0) is 8.39. The zero-order valence-corrected chi connectivity index (χ0v) is 7.53. The van der Waals surface area contributed by atoms with Crippen LogP contribution in [0.3, 0.4) is 0 Å². The van der Waals surface area contributed by atoms with Crippen molar-refractivity contribution < 1.29 is 0 Å². The minimum absolute atomic E-state index is 0.796. The Kier molecular flexibility index (Phi) is 2.13. The van der Waals surface area contributed by atoms with E-state index in [9.17, 15) is 0 Å². The van der Waals surface area contributed by atoms with Crippen molar-refractivity contribution in [2.45, 2.75) is 25.9 Å². The van der Waals surface area contributed by atoms with Crippen molar-refractivity contribution in [3.8, 4) is 0 Å². The van der Waals surface area contributed by atoms with Crippen LogP contribution in [0, 0.1) is 0 Å². The molecule has 1 heteroatoms. The van der Waals surface area contributed by atoms with Crippen molar-refractivity contribution in [3.63, 3.8) is 0 Å². The SMILES string of the molecule is CC1CCN1Cc1ccccc1. The predicted octanol–water partition coefficient (Wildman–Crippen LogP) is 2.28. The first-order valence-corrected chi connectivity index (χ1v) is 4.64. The quantitative estimate of drug-likeness (QED) is 0.643. The van der Waals surface area contributed by atoms with Gasteiger partial charge < -0.3 is 0 Å². The lowest BCUT2D eigenvalue weighted by Gasteiger charge is -2.38. The summed E-state index contributed by atoms with van der Waals surface area (Å²) in [5, 5.41) is 0. The number of likely N-dealkylation sites (tertiary alicyclic amines) is 1. The summed E-state index contributed by atoms with van der Waals surface area (Å²) in [6, 6.07) is 11.5. The van der Waals surface area contributed by atoms with Gasteiger partial charge in [-0.1, -0.05) is 30.3 Å². The van der Waals surface area contributed by atoms with Gasteiger partial charge in [0.15, 0.2) is 0 Å². The molecule has 1 saturated heterocycles. The summed E-state index contributed by atoms with van der Waals surface area (Å²) < 4.78 is 0. The molecule has 12 heavy (non-hydrogen) atoms. The van der Waals surface area contributed by atoms with Gasteiger partial charge in [0.25, 0.3) is 0 Å². The molecule has 0 saturated carbocycles. The van der Waals surface area contributed by atoms with Gasteiger partial charge in [0.2, 0.25) is 0 Å². The van der Waals surface area contributed by atoms with Gasteiger partial charge >= 0.3 is 0 Å². The van der Waals surface area contributed by atoms with Crippen LogP contribution in [0.5, 0.6) is 0 Å². The van der Waals surface area contributed by atoms with E-state index in [4.69, 9.17) is 0 Å². The molecule has 1 aromatic carbocycles. The second-order valence-electron chi connectivity index (χ2n) is 3.59. The van der Waals surface area contributed by atoms with Gasteiger partial charge in [-0.25, -0.2) is 0 Å². The van der Waals surface area contributed by atoms with E-state index in [0.717, 1.165) is 12.6 Å². The van der Waals surface area contributed by atoms with Gasteiger partial charge in [0, 0.05) is 19.1 Å². The van der Waals surface area contributed by atoms with Crippen molar-refractivity contribution in [1.82, 2.24) is 4.90 Å². The summed E-state index contributed by atoms with van der Waals surface area (Å²) in [6.07, 6.45) is 1.37. The number of rotatable bonds is 2. The maximum atomic E-state index is 2.51. The summed E-state index contributed by atoms with van der Waals surface area (Å²) in [5.41, 5.74) is 1.43. The monoisotopic (exact) mass is 161 g/mol. The Morgan fingerprint density at radius 3 is 2.58 bits per heavy atom. The molecule has 0 bridgehead atoms. The third-order valence-corrected chi connectivity index (χ3v) is 2.69. The first-order valence-electron chi connectivity index (χ1n) is 4.64. The highest BCUT2D eigenvalue weighted by Crippen LogP contribution is 2.19. The van der Waals surface area contributed by atoms with Crippen LogP contribution in [0.25, 0.3) is 0 Å². The minimum atomic E-state index is 0.796. The predicted molar refractivity (Wildman–Crippen MR) is 50.9 cm³/mol. The van der Waals surface area contributed by atoms with E-state index >= 15 is 0 Å². The van der Waals surface area contributed by atoms with E-state index in [1.807, 2.05) is 0 Å². The summed E-state index contributed by atoms with van der Waals surface area (Å²) in [5.74, 6) is 0. The van der Waals surface area contributed by atoms with Gasteiger partial charge in [0.05, 0.1) is 0 Å². The first-order chi connectivity index (χ1) is 5.86. The molecule has 0 spiro atoms. The highest BCUT2D eigenvalue weighted by Gasteiger charge is 2.22. The Balaban J connectivity index is 1.95. The van der Waals surface area contributed by atoms with Gasteiger partial charge in [0.1, 0.15) is 0 Å². The van der Waals surface area contributed by atoms with Crippen LogP contribution in [-0.2, 0) is 6.54 Å². The lowest BCUT2D eigenvalue weighted by molar-refractivity contribution is 0.0959. The third-order valence-electron chi connectivity index (χ3n) is 2.69. The maximum absolute atomic E-state index is 2.51. The molecule has 1 unspecified atom stereocenters. The topological polar surface area (TPSA) is 3.24 Å². The van der Waals surface area contributed by atoms with Gasteiger partial charge in [-0.3, -0.25) is 4.90 Å². The van der Waals surface area contributed by atoms with E-state index in [2.05, 4.69) is 42.2 Å². The molecule has 1 fully saturated rings. The minimum Gasteiger partial charge on any atom is -0.296 e. The highest BCUT2D eigenvalue weighted by molar-refractivity contribution is 5.14. The zero-order valence-electron chi connectivity index (χ0n) is 7.53. The smallest absolute Gasteiger partial charge is 0.0236 e. The Bertz CT molecular complexity index is 242. The van der Waals surface area contributed by atoms with Crippen molar-refractivity contribution >= 4 is 0 Å². The molecule has 1 aliphatic heterocycles. The fourth-order valence-electron chi connectivity index (χ4n) is 1.62. The number of nitrogens with zero attached hydrogens (tertiary/aromatic N) is 1. The van der Waals surface area contributed by atoms with Gasteiger partial charge in [-0.2, -0.15) is 0 Å². The molecule has 0 amide bonds. The van der Waals surface area contributed by atoms with E-state index in [0.29, 0.717) is 0 Å². The molecule has 0 aliphatic carbocycles. The second-order valence-corrected chi connectivity index (χ2v) is 3.59. The van der Waals surface area contributed by atoms with Gasteiger partial charge in [-0.05, 0) is 18.9 Å². The Morgan fingerprint density at radius 1 is 1.33 bits per heavy atom. The maximum Gasteiger partial charge on any atom is 0.0236 e. The largest absolute Gasteiger partial charge is 0.296 e. The number of benzene rings is 1. The van der Waals surface area contributed by atoms with Gasteiger partial charge in [-0.15, -0.1) is 0 Å². The molecule has 0 radical (unpaired) electrons. The van der Waals surface area contributed by atoms with Crippen LogP contribution in [0.4, 0.5) is 0 Å². The van der Waals surface area contributed by atoms with Crippen molar-refractivity contribution in [2.24, 2.45) is 0 Å². The molecule has 64 valence electrons. The molecular weight excluding hydrogens is 146 g/mol. The summed E-state index contributed by atoms with van der Waals surface area (Å²) >= 11 is 0. The van der Waals surface area contributed by atoms with Crippen LogP contribution in [-0.4, -0.2) is 17.5 Å². The first kappa shape index (κ1) is 7.81. The van der Waals surface area contributed by atoms with Crippen LogP contribution < -0.4 is 0 Å². The summed E-state index contributed by atoms with van der Waals surface area (Å²) in [6.45, 7) is 4.70. The van der Waals surface area contributed by atoms with Crippen LogP contribution in [0.2, 0.25) is 0 Å². The summed E-state index contributed by atoms with van der Waals surface area (Å²) in [4.78, 5) is 2.51. The number of hydrogen-bond acceptors (Lipinski definition) is 1. The number of hydrogen-bond donors (Lipinski definition) is 0. The van der Waals surface area contributed by atoms with Crippen LogP contribution in [0.1, 0.15) is 18.9 Å². The molecule has 2 rings (SSSR count). The van der Waals surface area contributed by atoms with Crippen molar-refractivity contribution in [3.05, 3.63) is 35.9 Å². The Hall–Kier alpha value is -0.820. The standard InChI is InChI=1S/C11H15N/c1-10-7-8-12(10)9-11-5-3-2-4-6-11/h2-6,10H,7-9H2,1H3. The molecule has 0 N–H and O–H groups in total. The van der Waals surface area contributed by atoms with Crippen molar-refractivity contribution in [2.75, 3.05) is 6.54 Å².